The normalized spacial score (nSPS) is 17.2. The van der Waals surface area contributed by atoms with Gasteiger partial charge in [0.05, 0.1) is 6.54 Å². The molecule has 0 unspecified atom stereocenters. The Balaban J connectivity index is 1.63. The van der Waals surface area contributed by atoms with Gasteiger partial charge in [0.2, 0.25) is 0 Å². The smallest absolute Gasteiger partial charge is 0.257 e. The van der Waals surface area contributed by atoms with Crippen LogP contribution in [0.2, 0.25) is 0 Å². The van der Waals surface area contributed by atoms with E-state index in [-0.39, 0.29) is 0 Å². The molecule has 1 aliphatic rings. The van der Waals surface area contributed by atoms with E-state index in [4.69, 9.17) is 9.63 Å². The van der Waals surface area contributed by atoms with Gasteiger partial charge in [-0.1, -0.05) is 22.9 Å². The Hall–Kier alpha value is -1.72. The quantitative estimate of drug-likeness (QED) is 0.934. The van der Waals surface area contributed by atoms with Gasteiger partial charge in [-0.2, -0.15) is 4.98 Å². The largest absolute Gasteiger partial charge is 0.396 e. The molecule has 0 radical (unpaired) electrons. The molecule has 0 atom stereocenters. The molecule has 2 aromatic rings. The van der Waals surface area contributed by atoms with Crippen molar-refractivity contribution < 1.29 is 9.63 Å². The van der Waals surface area contributed by atoms with Crippen molar-refractivity contribution in [2.75, 3.05) is 19.7 Å². The van der Waals surface area contributed by atoms with E-state index < -0.39 is 0 Å². The van der Waals surface area contributed by atoms with E-state index in [1.54, 1.807) is 0 Å². The zero-order valence-electron chi connectivity index (χ0n) is 12.3. The third-order valence-electron chi connectivity index (χ3n) is 4.06. The predicted octanol–water partition coefficient (Wildman–Crippen LogP) is 2.25. The Bertz CT molecular complexity index is 589. The van der Waals surface area contributed by atoms with Gasteiger partial charge in [-0.3, -0.25) is 4.90 Å². The summed E-state index contributed by atoms with van der Waals surface area (Å²) in [6.07, 6.45) is 2.08. The van der Waals surface area contributed by atoms with Crippen LogP contribution in [0.4, 0.5) is 0 Å². The summed E-state index contributed by atoms with van der Waals surface area (Å²) >= 11 is 0. The van der Waals surface area contributed by atoms with Crippen LogP contribution in [0.15, 0.2) is 28.8 Å². The molecular formula is C16H21N3O2. The number of rotatable bonds is 4. The number of aromatic nitrogens is 2. The number of benzene rings is 1. The first kappa shape index (κ1) is 14.2. The van der Waals surface area contributed by atoms with Crippen molar-refractivity contribution in [3.8, 4) is 11.5 Å². The van der Waals surface area contributed by atoms with E-state index in [2.05, 4.69) is 15.0 Å². The van der Waals surface area contributed by atoms with Gasteiger partial charge in [0, 0.05) is 12.2 Å². The fraction of sp³-hybridized carbons (Fsp3) is 0.500. The summed E-state index contributed by atoms with van der Waals surface area (Å²) < 4.78 is 5.36. The van der Waals surface area contributed by atoms with Crippen molar-refractivity contribution in [2.24, 2.45) is 5.92 Å². The highest BCUT2D eigenvalue weighted by atomic mass is 16.5. The summed E-state index contributed by atoms with van der Waals surface area (Å²) in [5, 5.41) is 13.2. The number of aryl methyl sites for hydroxylation is 1. The average Bonchev–Trinajstić information content (AvgIpc) is 2.97. The predicted molar refractivity (Wildman–Crippen MR) is 79.6 cm³/mol. The molecule has 5 heteroatoms. The highest BCUT2D eigenvalue weighted by molar-refractivity contribution is 5.53. The first-order valence-electron chi connectivity index (χ1n) is 7.47. The second kappa shape index (κ2) is 6.37. The lowest BCUT2D eigenvalue weighted by molar-refractivity contribution is 0.125. The van der Waals surface area contributed by atoms with Crippen molar-refractivity contribution in [1.29, 1.82) is 0 Å². The molecule has 1 aromatic carbocycles. The minimum atomic E-state index is 0.299. The van der Waals surface area contributed by atoms with Gasteiger partial charge in [-0.15, -0.1) is 0 Å². The summed E-state index contributed by atoms with van der Waals surface area (Å²) in [6, 6.07) is 8.07. The van der Waals surface area contributed by atoms with Gasteiger partial charge < -0.3 is 9.63 Å². The van der Waals surface area contributed by atoms with Crippen LogP contribution in [0.25, 0.3) is 11.5 Å². The van der Waals surface area contributed by atoms with E-state index in [0.29, 0.717) is 25.0 Å². The van der Waals surface area contributed by atoms with Crippen molar-refractivity contribution in [1.82, 2.24) is 15.0 Å². The van der Waals surface area contributed by atoms with Gasteiger partial charge >= 0.3 is 0 Å². The van der Waals surface area contributed by atoms with Crippen molar-refractivity contribution >= 4 is 0 Å². The molecule has 21 heavy (non-hydrogen) atoms. The third kappa shape index (κ3) is 3.49. The van der Waals surface area contributed by atoms with E-state index in [0.717, 1.165) is 37.3 Å². The monoisotopic (exact) mass is 287 g/mol. The Morgan fingerprint density at radius 2 is 2.14 bits per heavy atom. The van der Waals surface area contributed by atoms with Crippen LogP contribution in [-0.4, -0.2) is 39.8 Å². The summed E-state index contributed by atoms with van der Waals surface area (Å²) in [5.41, 5.74) is 2.14. The zero-order valence-corrected chi connectivity index (χ0v) is 12.3. The van der Waals surface area contributed by atoms with Crippen LogP contribution in [0, 0.1) is 12.8 Å². The number of nitrogens with zero attached hydrogens (tertiary/aromatic N) is 3. The molecule has 112 valence electrons. The minimum absolute atomic E-state index is 0.299. The Labute approximate surface area is 124 Å². The number of aliphatic hydroxyl groups is 1. The van der Waals surface area contributed by atoms with E-state index in [1.807, 2.05) is 31.2 Å². The third-order valence-corrected chi connectivity index (χ3v) is 4.06. The van der Waals surface area contributed by atoms with Crippen molar-refractivity contribution in [3.63, 3.8) is 0 Å². The molecule has 1 N–H and O–H groups in total. The SMILES string of the molecule is Cc1cccc(-c2nc(CN3CCC(CO)CC3)no2)c1. The first-order chi connectivity index (χ1) is 10.2. The fourth-order valence-corrected chi connectivity index (χ4v) is 2.74. The molecular weight excluding hydrogens is 266 g/mol. The number of aliphatic hydroxyl groups excluding tert-OH is 1. The summed E-state index contributed by atoms with van der Waals surface area (Å²) in [7, 11) is 0. The Kier molecular flexibility index (Phi) is 4.31. The molecule has 0 spiro atoms. The van der Waals surface area contributed by atoms with Crippen LogP contribution < -0.4 is 0 Å². The molecule has 3 rings (SSSR count). The molecule has 1 aliphatic heterocycles. The van der Waals surface area contributed by atoms with Crippen LogP contribution in [0.3, 0.4) is 0 Å². The molecule has 1 fully saturated rings. The number of hydrogen-bond donors (Lipinski definition) is 1. The Morgan fingerprint density at radius 1 is 1.33 bits per heavy atom. The molecule has 5 nitrogen and oxygen atoms in total. The molecule has 1 aromatic heterocycles. The summed E-state index contributed by atoms with van der Waals surface area (Å²) in [5.74, 6) is 1.77. The topological polar surface area (TPSA) is 62.4 Å². The van der Waals surface area contributed by atoms with Gasteiger partial charge in [0.15, 0.2) is 5.82 Å². The maximum atomic E-state index is 9.16. The molecule has 0 saturated carbocycles. The second-order valence-corrected chi connectivity index (χ2v) is 5.79. The van der Waals surface area contributed by atoms with Crippen molar-refractivity contribution in [3.05, 3.63) is 35.7 Å². The van der Waals surface area contributed by atoms with Crippen LogP contribution in [0.1, 0.15) is 24.2 Å². The second-order valence-electron chi connectivity index (χ2n) is 5.79. The minimum Gasteiger partial charge on any atom is -0.396 e. The molecule has 2 heterocycles. The summed E-state index contributed by atoms with van der Waals surface area (Å²) in [4.78, 5) is 6.80. The van der Waals surface area contributed by atoms with E-state index in [9.17, 15) is 0 Å². The van der Waals surface area contributed by atoms with Crippen LogP contribution in [-0.2, 0) is 6.54 Å². The van der Waals surface area contributed by atoms with Gasteiger partial charge in [0.25, 0.3) is 5.89 Å². The standard InChI is InChI=1S/C16H21N3O2/c1-12-3-2-4-14(9-12)16-17-15(18-21-16)10-19-7-5-13(11-20)6-8-19/h2-4,9,13,20H,5-8,10-11H2,1H3. The first-order valence-corrected chi connectivity index (χ1v) is 7.47. The molecule has 0 bridgehead atoms. The molecule has 0 amide bonds. The highest BCUT2D eigenvalue weighted by Crippen LogP contribution is 2.20. The van der Waals surface area contributed by atoms with E-state index >= 15 is 0 Å². The van der Waals surface area contributed by atoms with Gasteiger partial charge in [-0.05, 0) is 50.9 Å². The molecule has 0 aliphatic carbocycles. The average molecular weight is 287 g/mol. The maximum absolute atomic E-state index is 9.16. The lowest BCUT2D eigenvalue weighted by Gasteiger charge is -2.29. The number of hydrogen-bond acceptors (Lipinski definition) is 5. The number of piperidine rings is 1. The number of likely N-dealkylation sites (tertiary alicyclic amines) is 1. The maximum Gasteiger partial charge on any atom is 0.257 e. The van der Waals surface area contributed by atoms with Gasteiger partial charge in [-0.25, -0.2) is 0 Å². The van der Waals surface area contributed by atoms with Crippen molar-refractivity contribution in [2.45, 2.75) is 26.3 Å². The molecule has 1 saturated heterocycles. The van der Waals surface area contributed by atoms with Crippen LogP contribution >= 0.6 is 0 Å². The fourth-order valence-electron chi connectivity index (χ4n) is 2.74. The Morgan fingerprint density at radius 3 is 2.86 bits per heavy atom. The lowest BCUT2D eigenvalue weighted by atomic mass is 9.98. The zero-order chi connectivity index (χ0) is 14.7. The van der Waals surface area contributed by atoms with Gasteiger partial charge in [0.1, 0.15) is 0 Å². The summed E-state index contributed by atoms with van der Waals surface area (Å²) in [6.45, 7) is 5.03. The van der Waals surface area contributed by atoms with Crippen LogP contribution in [0.5, 0.6) is 0 Å². The lowest BCUT2D eigenvalue weighted by Crippen LogP contribution is -2.34. The van der Waals surface area contributed by atoms with E-state index in [1.165, 1.54) is 5.56 Å². The highest BCUT2D eigenvalue weighted by Gasteiger charge is 2.20.